The molecule has 1 amide bonds. The third-order valence-electron chi connectivity index (χ3n) is 3.36. The SMILES string of the molecule is COC1(C)CC1NC(=O)C1(C#N)CC1. The minimum absolute atomic E-state index is 0.0887. The molecule has 2 aliphatic rings. The molecule has 0 bridgehead atoms. The van der Waals surface area contributed by atoms with Crippen molar-refractivity contribution in [2.45, 2.75) is 37.8 Å². The first-order chi connectivity index (χ1) is 6.56. The predicted octanol–water partition coefficient (Wildman–Crippen LogP) is 0.584. The summed E-state index contributed by atoms with van der Waals surface area (Å²) in [5.41, 5.74) is -0.918. The molecule has 4 heteroatoms. The summed E-state index contributed by atoms with van der Waals surface area (Å²) in [6.07, 6.45) is 2.24. The van der Waals surface area contributed by atoms with Gasteiger partial charge < -0.3 is 10.1 Å². The number of nitrogens with zero attached hydrogens (tertiary/aromatic N) is 1. The Hall–Kier alpha value is -1.08. The van der Waals surface area contributed by atoms with Crippen LogP contribution in [-0.2, 0) is 9.53 Å². The zero-order chi connectivity index (χ0) is 10.4. The molecule has 76 valence electrons. The summed E-state index contributed by atoms with van der Waals surface area (Å²) in [5, 5.41) is 11.7. The van der Waals surface area contributed by atoms with Crippen molar-refractivity contribution >= 4 is 5.91 Å². The summed E-state index contributed by atoms with van der Waals surface area (Å²) in [5.74, 6) is -0.120. The molecule has 2 unspecified atom stereocenters. The average molecular weight is 194 g/mol. The number of ether oxygens (including phenoxy) is 1. The van der Waals surface area contributed by atoms with E-state index >= 15 is 0 Å². The van der Waals surface area contributed by atoms with Gasteiger partial charge in [-0.15, -0.1) is 0 Å². The predicted molar refractivity (Wildman–Crippen MR) is 49.2 cm³/mol. The quantitative estimate of drug-likeness (QED) is 0.715. The molecular weight excluding hydrogens is 180 g/mol. The minimum Gasteiger partial charge on any atom is -0.376 e. The van der Waals surface area contributed by atoms with Crippen LogP contribution in [0.2, 0.25) is 0 Å². The topological polar surface area (TPSA) is 62.1 Å². The summed E-state index contributed by atoms with van der Waals surface area (Å²) in [6, 6.07) is 2.17. The van der Waals surface area contributed by atoms with Gasteiger partial charge in [0, 0.05) is 13.5 Å². The molecule has 0 aromatic heterocycles. The van der Waals surface area contributed by atoms with Gasteiger partial charge in [-0.2, -0.15) is 5.26 Å². The van der Waals surface area contributed by atoms with Gasteiger partial charge in [-0.25, -0.2) is 0 Å². The number of nitriles is 1. The molecule has 0 heterocycles. The van der Waals surface area contributed by atoms with Crippen LogP contribution in [0.4, 0.5) is 0 Å². The maximum absolute atomic E-state index is 11.6. The van der Waals surface area contributed by atoms with Crippen molar-refractivity contribution in [1.82, 2.24) is 5.32 Å². The van der Waals surface area contributed by atoms with Crippen molar-refractivity contribution < 1.29 is 9.53 Å². The highest BCUT2D eigenvalue weighted by Gasteiger charge is 2.57. The number of hydrogen-bond donors (Lipinski definition) is 1. The van der Waals surface area contributed by atoms with E-state index in [9.17, 15) is 4.79 Å². The Labute approximate surface area is 83.2 Å². The van der Waals surface area contributed by atoms with Crippen LogP contribution in [0.25, 0.3) is 0 Å². The fraction of sp³-hybridized carbons (Fsp3) is 0.800. The molecule has 14 heavy (non-hydrogen) atoms. The van der Waals surface area contributed by atoms with Gasteiger partial charge in [0.1, 0.15) is 5.41 Å². The molecule has 2 fully saturated rings. The van der Waals surface area contributed by atoms with Crippen molar-refractivity contribution in [2.24, 2.45) is 5.41 Å². The molecule has 2 rings (SSSR count). The monoisotopic (exact) mass is 194 g/mol. The molecule has 0 spiro atoms. The minimum atomic E-state index is -0.711. The molecule has 0 aromatic carbocycles. The van der Waals surface area contributed by atoms with Gasteiger partial charge >= 0.3 is 0 Å². The Morgan fingerprint density at radius 3 is 2.64 bits per heavy atom. The van der Waals surface area contributed by atoms with Crippen molar-refractivity contribution in [2.75, 3.05) is 7.11 Å². The molecule has 2 aliphatic carbocycles. The van der Waals surface area contributed by atoms with E-state index in [1.165, 1.54) is 0 Å². The zero-order valence-electron chi connectivity index (χ0n) is 8.46. The maximum atomic E-state index is 11.6. The van der Waals surface area contributed by atoms with Crippen LogP contribution in [0.15, 0.2) is 0 Å². The standard InChI is InChI=1S/C10H14N2O2/c1-9(14-2)5-7(9)12-8(13)10(6-11)3-4-10/h7H,3-5H2,1-2H3,(H,12,13). The third-order valence-corrected chi connectivity index (χ3v) is 3.36. The normalized spacial score (nSPS) is 37.1. The number of hydrogen-bond acceptors (Lipinski definition) is 3. The van der Waals surface area contributed by atoms with Crippen LogP contribution in [0.1, 0.15) is 26.2 Å². The van der Waals surface area contributed by atoms with Crippen LogP contribution in [-0.4, -0.2) is 24.7 Å². The van der Waals surface area contributed by atoms with E-state index in [2.05, 4.69) is 11.4 Å². The van der Waals surface area contributed by atoms with Crippen LogP contribution in [0.3, 0.4) is 0 Å². The Bertz CT molecular complexity index is 317. The number of nitrogens with one attached hydrogen (secondary N) is 1. The number of methoxy groups -OCH3 is 1. The van der Waals surface area contributed by atoms with Crippen molar-refractivity contribution in [1.29, 1.82) is 5.26 Å². The largest absolute Gasteiger partial charge is 0.376 e. The van der Waals surface area contributed by atoms with Crippen molar-refractivity contribution in [3.63, 3.8) is 0 Å². The second kappa shape index (κ2) is 2.71. The second-order valence-electron chi connectivity index (χ2n) is 4.44. The number of amides is 1. The molecule has 0 aromatic rings. The lowest BCUT2D eigenvalue weighted by Crippen LogP contribution is -2.36. The van der Waals surface area contributed by atoms with Gasteiger partial charge in [0.2, 0.25) is 5.91 Å². The Morgan fingerprint density at radius 2 is 2.29 bits per heavy atom. The summed E-state index contributed by atoms with van der Waals surface area (Å²) in [7, 11) is 1.64. The lowest BCUT2D eigenvalue weighted by atomic mass is 10.1. The second-order valence-corrected chi connectivity index (χ2v) is 4.44. The molecule has 2 atom stereocenters. The lowest BCUT2D eigenvalue weighted by molar-refractivity contribution is -0.125. The highest BCUT2D eigenvalue weighted by Crippen LogP contribution is 2.47. The maximum Gasteiger partial charge on any atom is 0.240 e. The highest BCUT2D eigenvalue weighted by molar-refractivity contribution is 5.88. The van der Waals surface area contributed by atoms with Gasteiger partial charge in [-0.3, -0.25) is 4.79 Å². The molecule has 0 aliphatic heterocycles. The van der Waals surface area contributed by atoms with Gasteiger partial charge in [0.15, 0.2) is 0 Å². The van der Waals surface area contributed by atoms with Crippen LogP contribution in [0.5, 0.6) is 0 Å². The van der Waals surface area contributed by atoms with E-state index in [1.807, 2.05) is 6.92 Å². The number of rotatable bonds is 3. The molecule has 0 radical (unpaired) electrons. The number of carbonyl (C=O) groups is 1. The fourth-order valence-electron chi connectivity index (χ4n) is 1.59. The first kappa shape index (κ1) is 9.47. The zero-order valence-corrected chi connectivity index (χ0v) is 8.46. The summed E-state index contributed by atoms with van der Waals surface area (Å²) in [4.78, 5) is 11.6. The molecule has 0 saturated heterocycles. The van der Waals surface area contributed by atoms with Crippen LogP contribution in [0, 0.1) is 16.7 Å². The summed E-state index contributed by atoms with van der Waals surface area (Å²) in [6.45, 7) is 1.96. The van der Waals surface area contributed by atoms with E-state index in [0.717, 1.165) is 6.42 Å². The van der Waals surface area contributed by atoms with Crippen molar-refractivity contribution in [3.05, 3.63) is 0 Å². The van der Waals surface area contributed by atoms with Gasteiger partial charge in [0.05, 0.1) is 17.7 Å². The van der Waals surface area contributed by atoms with E-state index in [0.29, 0.717) is 12.8 Å². The Morgan fingerprint density at radius 1 is 1.64 bits per heavy atom. The molecular formula is C10H14N2O2. The van der Waals surface area contributed by atoms with Gasteiger partial charge in [0.25, 0.3) is 0 Å². The van der Waals surface area contributed by atoms with Crippen LogP contribution < -0.4 is 5.32 Å². The number of carbonyl (C=O) groups excluding carboxylic acids is 1. The van der Waals surface area contributed by atoms with E-state index in [-0.39, 0.29) is 17.6 Å². The Balaban J connectivity index is 1.89. The van der Waals surface area contributed by atoms with E-state index in [1.54, 1.807) is 7.11 Å². The average Bonchev–Trinajstić information content (AvgIpc) is 3.04. The van der Waals surface area contributed by atoms with Crippen LogP contribution >= 0.6 is 0 Å². The molecule has 2 saturated carbocycles. The highest BCUT2D eigenvalue weighted by atomic mass is 16.5. The molecule has 4 nitrogen and oxygen atoms in total. The van der Waals surface area contributed by atoms with Gasteiger partial charge in [-0.05, 0) is 19.8 Å². The van der Waals surface area contributed by atoms with Crippen molar-refractivity contribution in [3.8, 4) is 6.07 Å². The molecule has 1 N–H and O–H groups in total. The first-order valence-electron chi connectivity index (χ1n) is 4.84. The van der Waals surface area contributed by atoms with Gasteiger partial charge in [-0.1, -0.05) is 0 Å². The third kappa shape index (κ3) is 1.28. The fourth-order valence-corrected chi connectivity index (χ4v) is 1.59. The smallest absolute Gasteiger partial charge is 0.240 e. The lowest BCUT2D eigenvalue weighted by Gasteiger charge is -2.11. The van der Waals surface area contributed by atoms with E-state index in [4.69, 9.17) is 10.00 Å². The summed E-state index contributed by atoms with van der Waals surface area (Å²) >= 11 is 0. The Kier molecular flexibility index (Phi) is 1.83. The summed E-state index contributed by atoms with van der Waals surface area (Å²) < 4.78 is 5.23. The van der Waals surface area contributed by atoms with E-state index < -0.39 is 5.41 Å². The first-order valence-corrected chi connectivity index (χ1v) is 4.84.